The summed E-state index contributed by atoms with van der Waals surface area (Å²) in [5.74, 6) is -0.418. The molecule has 3 N–H and O–H groups in total. The molecule has 1 saturated carbocycles. The monoisotopic (exact) mass is 228 g/mol. The topological polar surface area (TPSA) is 84.9 Å². The van der Waals surface area contributed by atoms with Gasteiger partial charge in [0.15, 0.2) is 0 Å². The number of aliphatic carboxylic acids is 1. The Labute approximate surface area is 95.7 Å². The van der Waals surface area contributed by atoms with E-state index in [4.69, 9.17) is 15.6 Å². The lowest BCUT2D eigenvalue weighted by atomic mass is 9.85. The molecule has 0 amide bonds. The van der Waals surface area contributed by atoms with E-state index in [-0.39, 0.29) is 18.5 Å². The zero-order valence-electron chi connectivity index (χ0n) is 9.69. The predicted molar refractivity (Wildman–Crippen MR) is 61.2 cm³/mol. The Balaban J connectivity index is 2.26. The second-order valence-electron chi connectivity index (χ2n) is 4.17. The van der Waals surface area contributed by atoms with Crippen molar-refractivity contribution in [3.63, 3.8) is 0 Å². The summed E-state index contributed by atoms with van der Waals surface area (Å²) in [6.45, 7) is 2.53. The molecular formula is C11H20N2O3. The van der Waals surface area contributed by atoms with E-state index in [0.717, 1.165) is 25.7 Å². The highest BCUT2D eigenvalue weighted by Crippen LogP contribution is 2.28. The number of carboxylic acid groups (broad SMARTS) is 1. The first-order valence-corrected chi connectivity index (χ1v) is 5.80. The molecule has 0 atom stereocenters. The van der Waals surface area contributed by atoms with Crippen molar-refractivity contribution < 1.29 is 14.6 Å². The van der Waals surface area contributed by atoms with Gasteiger partial charge in [-0.1, -0.05) is 0 Å². The molecule has 1 aliphatic rings. The van der Waals surface area contributed by atoms with Gasteiger partial charge in [0.2, 0.25) is 0 Å². The summed E-state index contributed by atoms with van der Waals surface area (Å²) in [7, 11) is 0. The normalized spacial score (nSPS) is 26.4. The van der Waals surface area contributed by atoms with Crippen molar-refractivity contribution in [3.05, 3.63) is 0 Å². The fourth-order valence-electron chi connectivity index (χ4n) is 2.06. The highest BCUT2D eigenvalue weighted by molar-refractivity contribution is 5.71. The van der Waals surface area contributed by atoms with Crippen LogP contribution in [0.5, 0.6) is 0 Å². The number of hydrogen-bond donors (Lipinski definition) is 2. The Hall–Kier alpha value is -1.26. The minimum atomic E-state index is -0.712. The zero-order chi connectivity index (χ0) is 12.0. The smallest absolute Gasteiger partial charge is 0.303 e. The molecule has 0 aromatic heterocycles. The minimum absolute atomic E-state index is 0.111. The second-order valence-corrected chi connectivity index (χ2v) is 4.17. The van der Waals surface area contributed by atoms with Crippen molar-refractivity contribution in [2.75, 3.05) is 6.54 Å². The van der Waals surface area contributed by atoms with Gasteiger partial charge in [0.25, 0.3) is 6.02 Å². The molecule has 0 unspecified atom stereocenters. The van der Waals surface area contributed by atoms with E-state index in [9.17, 15) is 4.79 Å². The van der Waals surface area contributed by atoms with Crippen LogP contribution in [0.1, 0.15) is 39.0 Å². The molecule has 5 heteroatoms. The molecule has 1 aliphatic carbocycles. The van der Waals surface area contributed by atoms with E-state index in [2.05, 4.69) is 4.99 Å². The summed E-state index contributed by atoms with van der Waals surface area (Å²) in [4.78, 5) is 14.5. The average molecular weight is 228 g/mol. The van der Waals surface area contributed by atoms with Crippen LogP contribution in [0.2, 0.25) is 0 Å². The van der Waals surface area contributed by atoms with E-state index in [0.29, 0.717) is 12.5 Å². The SMILES string of the molecule is CCN=C(N)OC1CCC(CC(=O)O)CC1. The Morgan fingerprint density at radius 2 is 2.06 bits per heavy atom. The first-order valence-electron chi connectivity index (χ1n) is 5.80. The molecule has 0 bridgehead atoms. The molecule has 1 fully saturated rings. The van der Waals surface area contributed by atoms with Crippen molar-refractivity contribution >= 4 is 12.0 Å². The molecule has 0 aromatic carbocycles. The maximum Gasteiger partial charge on any atom is 0.303 e. The van der Waals surface area contributed by atoms with Crippen LogP contribution >= 0.6 is 0 Å². The Bertz CT molecular complexity index is 258. The quantitative estimate of drug-likeness (QED) is 0.562. The number of amidine groups is 1. The molecule has 16 heavy (non-hydrogen) atoms. The van der Waals surface area contributed by atoms with Gasteiger partial charge in [-0.05, 0) is 38.5 Å². The van der Waals surface area contributed by atoms with Gasteiger partial charge in [0.1, 0.15) is 6.10 Å². The lowest BCUT2D eigenvalue weighted by molar-refractivity contribution is -0.138. The number of nitrogens with two attached hydrogens (primary N) is 1. The fourth-order valence-corrected chi connectivity index (χ4v) is 2.06. The summed E-state index contributed by atoms with van der Waals surface area (Å²) in [6.07, 6.45) is 3.92. The molecule has 0 aromatic rings. The summed E-state index contributed by atoms with van der Waals surface area (Å²) in [6, 6.07) is 0.254. The zero-order valence-corrected chi connectivity index (χ0v) is 9.69. The van der Waals surface area contributed by atoms with Crippen molar-refractivity contribution in [2.45, 2.75) is 45.1 Å². The fraction of sp³-hybridized carbons (Fsp3) is 0.818. The molecule has 1 rings (SSSR count). The third-order valence-corrected chi connectivity index (χ3v) is 2.86. The number of carbonyl (C=O) groups is 1. The summed E-state index contributed by atoms with van der Waals surface area (Å²) >= 11 is 0. The Kier molecular flexibility index (Phi) is 5.08. The van der Waals surface area contributed by atoms with Gasteiger partial charge in [0, 0.05) is 13.0 Å². The van der Waals surface area contributed by atoms with Crippen LogP contribution < -0.4 is 5.73 Å². The molecule has 5 nitrogen and oxygen atoms in total. The third kappa shape index (κ3) is 4.51. The summed E-state index contributed by atoms with van der Waals surface area (Å²) in [5.41, 5.74) is 5.56. The maximum absolute atomic E-state index is 10.5. The van der Waals surface area contributed by atoms with Gasteiger partial charge in [-0.2, -0.15) is 0 Å². The van der Waals surface area contributed by atoms with E-state index in [1.165, 1.54) is 0 Å². The van der Waals surface area contributed by atoms with Crippen LogP contribution in [0.15, 0.2) is 4.99 Å². The lowest BCUT2D eigenvalue weighted by Crippen LogP contribution is -2.29. The molecule has 0 spiro atoms. The number of hydrogen-bond acceptors (Lipinski definition) is 3. The molecule has 0 heterocycles. The number of nitrogens with zero attached hydrogens (tertiary/aromatic N) is 1. The van der Waals surface area contributed by atoms with Crippen molar-refractivity contribution in [1.82, 2.24) is 0 Å². The molecule has 0 radical (unpaired) electrons. The standard InChI is InChI=1S/C11H20N2O3/c1-2-13-11(12)16-9-5-3-8(4-6-9)7-10(14)15/h8-9H,2-7H2,1H3,(H2,12,13)(H,14,15). The number of aliphatic imine (C=N–C) groups is 1. The largest absolute Gasteiger partial charge is 0.481 e. The van der Waals surface area contributed by atoms with Gasteiger partial charge in [-0.15, -0.1) is 0 Å². The summed E-state index contributed by atoms with van der Waals surface area (Å²) < 4.78 is 5.47. The van der Waals surface area contributed by atoms with E-state index in [1.807, 2.05) is 6.92 Å². The van der Waals surface area contributed by atoms with Crippen LogP contribution in [0.3, 0.4) is 0 Å². The third-order valence-electron chi connectivity index (χ3n) is 2.86. The molecule has 0 saturated heterocycles. The Morgan fingerprint density at radius 3 is 2.56 bits per heavy atom. The highest BCUT2D eigenvalue weighted by Gasteiger charge is 2.24. The van der Waals surface area contributed by atoms with Crippen molar-refractivity contribution in [2.24, 2.45) is 16.6 Å². The Morgan fingerprint density at radius 1 is 1.44 bits per heavy atom. The molecule has 92 valence electrons. The first-order chi connectivity index (χ1) is 7.61. The number of ether oxygens (including phenoxy) is 1. The van der Waals surface area contributed by atoms with E-state index in [1.54, 1.807) is 0 Å². The number of rotatable bonds is 4. The van der Waals surface area contributed by atoms with Crippen LogP contribution in [-0.2, 0) is 9.53 Å². The van der Waals surface area contributed by atoms with E-state index < -0.39 is 5.97 Å². The van der Waals surface area contributed by atoms with Gasteiger partial charge >= 0.3 is 5.97 Å². The highest BCUT2D eigenvalue weighted by atomic mass is 16.5. The minimum Gasteiger partial charge on any atom is -0.481 e. The first kappa shape index (κ1) is 12.8. The van der Waals surface area contributed by atoms with Gasteiger partial charge in [0.05, 0.1) is 0 Å². The number of carboxylic acids is 1. The van der Waals surface area contributed by atoms with Crippen molar-refractivity contribution in [3.8, 4) is 0 Å². The predicted octanol–water partition coefficient (Wildman–Crippen LogP) is 1.37. The van der Waals surface area contributed by atoms with Crippen molar-refractivity contribution in [1.29, 1.82) is 0 Å². The van der Waals surface area contributed by atoms with Crippen LogP contribution in [0.4, 0.5) is 0 Å². The van der Waals surface area contributed by atoms with Gasteiger partial charge in [-0.25, -0.2) is 4.99 Å². The lowest BCUT2D eigenvalue weighted by Gasteiger charge is -2.27. The summed E-state index contributed by atoms with van der Waals surface area (Å²) in [5, 5.41) is 8.68. The average Bonchev–Trinajstić information content (AvgIpc) is 2.20. The van der Waals surface area contributed by atoms with Crippen LogP contribution in [0.25, 0.3) is 0 Å². The second kappa shape index (κ2) is 6.35. The molecule has 0 aliphatic heterocycles. The van der Waals surface area contributed by atoms with Crippen LogP contribution in [0, 0.1) is 5.92 Å². The van der Waals surface area contributed by atoms with Gasteiger partial charge in [-0.3, -0.25) is 4.79 Å². The molecular weight excluding hydrogens is 208 g/mol. The maximum atomic E-state index is 10.5. The van der Waals surface area contributed by atoms with Gasteiger partial charge < -0.3 is 15.6 Å². The van der Waals surface area contributed by atoms with E-state index >= 15 is 0 Å². The van der Waals surface area contributed by atoms with Crippen LogP contribution in [-0.4, -0.2) is 29.7 Å².